The smallest absolute Gasteiger partial charge is 0.331 e. The summed E-state index contributed by atoms with van der Waals surface area (Å²) in [6.45, 7) is 2.64. The topological polar surface area (TPSA) is 71.8 Å². The molecule has 6 nitrogen and oxygen atoms in total. The lowest BCUT2D eigenvalue weighted by Gasteiger charge is -2.12. The number of carbonyl (C=O) groups excluding carboxylic acids is 1. The average Bonchev–Trinajstić information content (AvgIpc) is 2.95. The molecule has 2 aromatic rings. The number of amides is 2. The van der Waals surface area contributed by atoms with Crippen molar-refractivity contribution in [2.75, 3.05) is 11.6 Å². The number of rotatable bonds is 5. The van der Waals surface area contributed by atoms with E-state index in [1.165, 1.54) is 17.8 Å². The molecule has 0 aliphatic carbocycles. The van der Waals surface area contributed by atoms with Crippen LogP contribution in [0, 0.1) is 0 Å². The summed E-state index contributed by atoms with van der Waals surface area (Å²) in [5.74, 6) is 0.550. The van der Waals surface area contributed by atoms with Crippen LogP contribution in [0.2, 0.25) is 5.02 Å². The number of hydrogen-bond acceptors (Lipinski definition) is 4. The van der Waals surface area contributed by atoms with E-state index in [2.05, 4.69) is 20.8 Å². The number of halogens is 4. The highest BCUT2D eigenvalue weighted by atomic mass is 35.5. The lowest BCUT2D eigenvalue weighted by molar-refractivity contribution is -0.137. The second kappa shape index (κ2) is 7.96. The normalized spacial score (nSPS) is 11.4. The van der Waals surface area contributed by atoms with Crippen molar-refractivity contribution in [1.29, 1.82) is 0 Å². The Morgan fingerprint density at radius 2 is 2.08 bits per heavy atom. The molecule has 1 aromatic carbocycles. The molecule has 1 heterocycles. The van der Waals surface area contributed by atoms with E-state index in [1.54, 1.807) is 0 Å². The number of urea groups is 1. The zero-order chi connectivity index (χ0) is 18.6. The Morgan fingerprint density at radius 1 is 1.36 bits per heavy atom. The molecule has 2 rings (SSSR count). The van der Waals surface area contributed by atoms with Gasteiger partial charge in [0.05, 0.1) is 17.1 Å². The van der Waals surface area contributed by atoms with Crippen LogP contribution >= 0.6 is 23.4 Å². The highest BCUT2D eigenvalue weighted by molar-refractivity contribution is 7.98. The predicted molar refractivity (Wildman–Crippen MR) is 89.8 cm³/mol. The molecule has 0 aliphatic rings. The van der Waals surface area contributed by atoms with Crippen LogP contribution < -0.4 is 10.6 Å². The zero-order valence-electron chi connectivity index (χ0n) is 13.3. The summed E-state index contributed by atoms with van der Waals surface area (Å²) >= 11 is 6.96. The van der Waals surface area contributed by atoms with Crippen LogP contribution in [-0.4, -0.2) is 27.1 Å². The fraction of sp³-hybridized carbons (Fsp3) is 0.357. The van der Waals surface area contributed by atoms with E-state index in [-0.39, 0.29) is 12.2 Å². The first-order valence-electron chi connectivity index (χ1n) is 7.14. The second-order valence-corrected chi connectivity index (χ2v) is 6.03. The third kappa shape index (κ3) is 4.79. The molecule has 0 radical (unpaired) electrons. The molecule has 0 saturated heterocycles. The Morgan fingerprint density at radius 3 is 2.68 bits per heavy atom. The maximum Gasteiger partial charge on any atom is 0.417 e. The van der Waals surface area contributed by atoms with Crippen molar-refractivity contribution < 1.29 is 18.0 Å². The number of benzene rings is 1. The molecule has 0 unspecified atom stereocenters. The molecule has 1 aromatic heterocycles. The number of nitrogens with zero attached hydrogens (tertiary/aromatic N) is 3. The molecule has 0 bridgehead atoms. The number of nitrogens with one attached hydrogen (secondary N) is 2. The maximum atomic E-state index is 12.8. The zero-order valence-corrected chi connectivity index (χ0v) is 14.9. The first-order valence-corrected chi connectivity index (χ1v) is 8.74. The van der Waals surface area contributed by atoms with Gasteiger partial charge in [0.25, 0.3) is 0 Å². The monoisotopic (exact) mass is 393 g/mol. The van der Waals surface area contributed by atoms with Crippen molar-refractivity contribution in [2.24, 2.45) is 0 Å². The van der Waals surface area contributed by atoms with E-state index in [4.69, 9.17) is 11.6 Å². The van der Waals surface area contributed by atoms with E-state index < -0.39 is 22.8 Å². The summed E-state index contributed by atoms with van der Waals surface area (Å²) < 4.78 is 40.3. The van der Waals surface area contributed by atoms with Crippen LogP contribution in [0.3, 0.4) is 0 Å². The summed E-state index contributed by atoms with van der Waals surface area (Å²) in [5, 5.41) is 13.1. The Bertz CT molecular complexity index is 765. The molecule has 25 heavy (non-hydrogen) atoms. The van der Waals surface area contributed by atoms with Crippen LogP contribution in [0.25, 0.3) is 0 Å². The molecule has 0 spiro atoms. The van der Waals surface area contributed by atoms with Crippen molar-refractivity contribution in [3.63, 3.8) is 0 Å². The lowest BCUT2D eigenvalue weighted by atomic mass is 10.2. The number of carbonyl (C=O) groups is 1. The number of aromatic nitrogens is 3. The van der Waals surface area contributed by atoms with Crippen molar-refractivity contribution in [2.45, 2.75) is 31.3 Å². The summed E-state index contributed by atoms with van der Waals surface area (Å²) in [5.41, 5.74) is -1.03. The maximum absolute atomic E-state index is 12.8. The molecular formula is C14H15ClF3N5OS. The number of hydrogen-bond donors (Lipinski definition) is 2. The molecule has 136 valence electrons. The van der Waals surface area contributed by atoms with E-state index >= 15 is 0 Å². The Balaban J connectivity index is 2.03. The van der Waals surface area contributed by atoms with E-state index in [9.17, 15) is 18.0 Å². The lowest BCUT2D eigenvalue weighted by Crippen LogP contribution is -2.29. The minimum absolute atomic E-state index is 0.0176. The van der Waals surface area contributed by atoms with Crippen LogP contribution in [-0.2, 0) is 19.3 Å². The van der Waals surface area contributed by atoms with E-state index in [1.807, 2.05) is 17.7 Å². The molecule has 2 N–H and O–H groups in total. The van der Waals surface area contributed by atoms with Gasteiger partial charge in [-0.2, -0.15) is 13.2 Å². The highest BCUT2D eigenvalue weighted by Gasteiger charge is 2.33. The van der Waals surface area contributed by atoms with Crippen LogP contribution in [0.5, 0.6) is 0 Å². The van der Waals surface area contributed by atoms with Crippen molar-refractivity contribution in [3.05, 3.63) is 34.6 Å². The van der Waals surface area contributed by atoms with Gasteiger partial charge in [0.1, 0.15) is 0 Å². The van der Waals surface area contributed by atoms with Crippen LogP contribution in [0.1, 0.15) is 18.3 Å². The van der Waals surface area contributed by atoms with Gasteiger partial charge in [0, 0.05) is 12.2 Å². The summed E-state index contributed by atoms with van der Waals surface area (Å²) in [6.07, 6.45) is -2.74. The van der Waals surface area contributed by atoms with E-state index in [0.29, 0.717) is 17.5 Å². The van der Waals surface area contributed by atoms with Gasteiger partial charge >= 0.3 is 12.2 Å². The van der Waals surface area contributed by atoms with Gasteiger partial charge in [-0.3, -0.25) is 0 Å². The number of alkyl halides is 3. The standard InChI is InChI=1S/C14H15ClF3N5OS/c1-3-23-11(21-22-13(23)25-2)7-19-12(24)20-8-4-5-10(15)9(6-8)14(16,17)18/h4-6H,3,7H2,1-2H3,(H2,19,20,24). The summed E-state index contributed by atoms with van der Waals surface area (Å²) in [6, 6.07) is 2.49. The Hall–Kier alpha value is -1.94. The van der Waals surface area contributed by atoms with Crippen molar-refractivity contribution in [3.8, 4) is 0 Å². The van der Waals surface area contributed by atoms with Gasteiger partial charge in [-0.1, -0.05) is 23.4 Å². The van der Waals surface area contributed by atoms with E-state index in [0.717, 1.165) is 12.1 Å². The SMILES string of the molecule is CCn1c(CNC(=O)Nc2ccc(Cl)c(C(F)(F)F)c2)nnc1SC. The third-order valence-electron chi connectivity index (χ3n) is 3.23. The minimum atomic E-state index is -4.60. The molecule has 0 fully saturated rings. The Labute approximate surface area is 151 Å². The fourth-order valence-electron chi connectivity index (χ4n) is 2.07. The molecule has 11 heteroatoms. The molecule has 0 saturated carbocycles. The van der Waals surface area contributed by atoms with Crippen molar-refractivity contribution >= 4 is 35.1 Å². The highest BCUT2D eigenvalue weighted by Crippen LogP contribution is 2.36. The summed E-state index contributed by atoms with van der Waals surface area (Å²) in [4.78, 5) is 11.9. The number of anilines is 1. The van der Waals surface area contributed by atoms with Gasteiger partial charge in [0.2, 0.25) is 0 Å². The Kier molecular flexibility index (Phi) is 6.17. The third-order valence-corrected chi connectivity index (χ3v) is 4.23. The molecular weight excluding hydrogens is 379 g/mol. The second-order valence-electron chi connectivity index (χ2n) is 4.85. The minimum Gasteiger partial charge on any atom is -0.331 e. The van der Waals surface area contributed by atoms with Gasteiger partial charge in [-0.25, -0.2) is 4.79 Å². The largest absolute Gasteiger partial charge is 0.417 e. The van der Waals surface area contributed by atoms with Crippen molar-refractivity contribution in [1.82, 2.24) is 20.1 Å². The molecule has 0 atom stereocenters. The quantitative estimate of drug-likeness (QED) is 0.753. The van der Waals surface area contributed by atoms with Crippen LogP contribution in [0.4, 0.5) is 23.7 Å². The van der Waals surface area contributed by atoms with Gasteiger partial charge in [-0.15, -0.1) is 10.2 Å². The first kappa shape index (κ1) is 19.4. The van der Waals surface area contributed by atoms with Gasteiger partial charge in [0.15, 0.2) is 11.0 Å². The van der Waals surface area contributed by atoms with Gasteiger partial charge in [-0.05, 0) is 31.4 Å². The molecule has 0 aliphatic heterocycles. The predicted octanol–water partition coefficient (Wildman–Crippen LogP) is 4.01. The fourth-order valence-corrected chi connectivity index (χ4v) is 2.88. The number of thioether (sulfide) groups is 1. The molecule has 2 amide bonds. The van der Waals surface area contributed by atoms with Crippen LogP contribution in [0.15, 0.2) is 23.4 Å². The first-order chi connectivity index (χ1) is 11.8. The summed E-state index contributed by atoms with van der Waals surface area (Å²) in [7, 11) is 0. The van der Waals surface area contributed by atoms with Gasteiger partial charge < -0.3 is 15.2 Å². The average molecular weight is 394 g/mol.